The van der Waals surface area contributed by atoms with Crippen LogP contribution in [0.5, 0.6) is 0 Å². The number of carbonyl (C=O) groups is 7. The molecule has 0 bridgehead atoms. The van der Waals surface area contributed by atoms with Crippen molar-refractivity contribution in [3.63, 3.8) is 0 Å². The molecule has 558 valence electrons. The highest BCUT2D eigenvalue weighted by Crippen LogP contribution is 2.33. The minimum absolute atomic E-state index is 0.0813. The van der Waals surface area contributed by atoms with Crippen LogP contribution in [-0.2, 0) is 42.7 Å². The Morgan fingerprint density at radius 2 is 0.721 bits per heavy atom. The van der Waals surface area contributed by atoms with Crippen LogP contribution in [0.15, 0.2) is 206 Å². The summed E-state index contributed by atoms with van der Waals surface area (Å²) in [5.74, 6) is -5.67. The fourth-order valence-corrected chi connectivity index (χ4v) is 12.5. The third-order valence-electron chi connectivity index (χ3n) is 18.5. The topological polar surface area (TPSA) is 205 Å². The lowest BCUT2D eigenvalue weighted by atomic mass is 9.97. The van der Waals surface area contributed by atoms with Gasteiger partial charge in [-0.25, -0.2) is 28.8 Å². The highest BCUT2D eigenvalue weighted by Gasteiger charge is 2.54. The number of hydrogen-bond donors (Lipinski definition) is 1. The number of allylic oxidation sites excluding steroid dienone is 3. The van der Waals surface area contributed by atoms with Gasteiger partial charge in [0, 0.05) is 0 Å². The van der Waals surface area contributed by atoms with E-state index in [1.807, 2.05) is 6.08 Å². The highest BCUT2D eigenvalue weighted by molar-refractivity contribution is 5.93. The van der Waals surface area contributed by atoms with Crippen LogP contribution in [0.4, 0.5) is 0 Å². The first-order valence-corrected chi connectivity index (χ1v) is 38.4. The van der Waals surface area contributed by atoms with E-state index in [2.05, 4.69) is 31.3 Å². The van der Waals surface area contributed by atoms with E-state index in [0.29, 0.717) is 19.3 Å². The monoisotopic (exact) mass is 1420 g/mol. The fourth-order valence-electron chi connectivity index (χ4n) is 12.5. The van der Waals surface area contributed by atoms with Crippen molar-refractivity contribution in [1.82, 2.24) is 5.32 Å². The van der Waals surface area contributed by atoms with Crippen molar-refractivity contribution >= 4 is 41.7 Å². The standard InChI is InChI=1S/C88H111NO15/c1-3-5-7-9-11-13-15-17-18-19-20-21-23-25-27-29-31-51-65-76(100-84(93)70-56-42-34-43-57-70)81(90)89-74(75(99-83(92)69-54-40-33-41-55-69)64-50-30-28-26-24-22-16-14-12-10-8-6-4-2)66-98-88-80(104-87(96)73-62-48-37-49-63-73)79(103-86(95)72-60-46-36-47-61-72)78(102-85(94)71-58-44-35-45-59-71)77(101-88)67-97-82(91)68-52-38-32-39-53-68/h24,26,32-50,52-64,74-80,88H,3-23,25,27-31,51,65-67H2,1-2H3,(H,89,90)/b26-24+,64-50+/t74-,75+,76+,77+,78+,79-,80+,88+/m0/s1. The van der Waals surface area contributed by atoms with Crippen LogP contribution >= 0.6 is 0 Å². The molecule has 0 radical (unpaired) electrons. The molecule has 0 spiro atoms. The summed E-state index contributed by atoms with van der Waals surface area (Å²) < 4.78 is 51.2. The van der Waals surface area contributed by atoms with E-state index in [-0.39, 0.29) is 39.8 Å². The van der Waals surface area contributed by atoms with Crippen LogP contribution in [0.25, 0.3) is 0 Å². The maximum atomic E-state index is 15.4. The fraction of sp³-hybridized carbons (Fsp3) is 0.466. The number of carbonyl (C=O) groups excluding carboxylic acids is 7. The number of hydrogen-bond acceptors (Lipinski definition) is 15. The Morgan fingerprint density at radius 3 is 1.15 bits per heavy atom. The molecule has 6 aromatic rings. The van der Waals surface area contributed by atoms with Gasteiger partial charge in [0.1, 0.15) is 18.8 Å². The zero-order valence-electron chi connectivity index (χ0n) is 61.3. The quantitative estimate of drug-likeness (QED) is 0.0163. The van der Waals surface area contributed by atoms with Crippen molar-refractivity contribution in [1.29, 1.82) is 0 Å². The molecule has 1 heterocycles. The highest BCUT2D eigenvalue weighted by atomic mass is 16.7. The van der Waals surface area contributed by atoms with Gasteiger partial charge < -0.3 is 43.2 Å². The molecular formula is C88H111NO15. The van der Waals surface area contributed by atoms with Crippen molar-refractivity contribution in [2.24, 2.45) is 0 Å². The van der Waals surface area contributed by atoms with Crippen LogP contribution in [0.1, 0.15) is 262 Å². The van der Waals surface area contributed by atoms with Crippen molar-refractivity contribution < 1.29 is 71.5 Å². The smallest absolute Gasteiger partial charge is 0.338 e. The van der Waals surface area contributed by atoms with Gasteiger partial charge in [-0.05, 0) is 117 Å². The Labute approximate surface area is 617 Å². The van der Waals surface area contributed by atoms with Crippen molar-refractivity contribution in [2.45, 2.75) is 249 Å². The summed E-state index contributed by atoms with van der Waals surface area (Å²) in [6, 6.07) is 47.7. The first-order valence-electron chi connectivity index (χ1n) is 38.4. The summed E-state index contributed by atoms with van der Waals surface area (Å²) in [6.07, 6.45) is 28.4. The molecule has 0 unspecified atom stereocenters. The average molecular weight is 1420 g/mol. The molecule has 7 rings (SSSR count). The molecule has 1 N–H and O–H groups in total. The van der Waals surface area contributed by atoms with E-state index in [9.17, 15) is 28.8 Å². The minimum atomic E-state index is -1.81. The zero-order valence-corrected chi connectivity index (χ0v) is 61.3. The molecule has 8 atom stereocenters. The summed E-state index contributed by atoms with van der Waals surface area (Å²) in [7, 11) is 0. The molecule has 104 heavy (non-hydrogen) atoms. The molecule has 1 aliphatic rings. The number of unbranched alkanes of at least 4 members (excludes halogenated alkanes) is 25. The van der Waals surface area contributed by atoms with Gasteiger partial charge in [0.15, 0.2) is 30.7 Å². The van der Waals surface area contributed by atoms with Gasteiger partial charge in [-0.2, -0.15) is 0 Å². The Bertz CT molecular complexity index is 3440. The van der Waals surface area contributed by atoms with Gasteiger partial charge in [-0.3, -0.25) is 4.79 Å². The first-order chi connectivity index (χ1) is 51.0. The SMILES string of the molecule is CCCCCCCCC/C=C/CC/C=C/[C@@H](OC(=O)c1ccccc1)[C@H](CO[C@@H]1O[C@H](COC(=O)c2ccccc2)[C@@H](OC(=O)c2ccccc2)[C@H](OC(=O)c2ccccc2)[C@H]1OC(=O)c1ccccc1)NC(=O)[C@@H](CCCCCCCCCCCCCCCCCCCC)OC(=O)c1ccccc1. The second-order valence-electron chi connectivity index (χ2n) is 26.8. The molecule has 1 amide bonds. The molecule has 0 aliphatic carbocycles. The summed E-state index contributed by atoms with van der Waals surface area (Å²) >= 11 is 0. The molecule has 0 saturated carbocycles. The largest absolute Gasteiger partial charge is 0.459 e. The third kappa shape index (κ3) is 30.8. The Morgan fingerprint density at radius 1 is 0.375 bits per heavy atom. The lowest BCUT2D eigenvalue weighted by Gasteiger charge is -2.44. The predicted octanol–water partition coefficient (Wildman–Crippen LogP) is 19.7. The van der Waals surface area contributed by atoms with Gasteiger partial charge in [0.25, 0.3) is 5.91 Å². The van der Waals surface area contributed by atoms with E-state index in [4.69, 9.17) is 37.9 Å². The minimum Gasteiger partial charge on any atom is -0.459 e. The number of ether oxygens (including phenoxy) is 8. The van der Waals surface area contributed by atoms with Crippen LogP contribution in [0, 0.1) is 0 Å². The summed E-state index contributed by atoms with van der Waals surface area (Å²) in [4.78, 5) is 101. The lowest BCUT2D eigenvalue weighted by Crippen LogP contribution is -2.63. The van der Waals surface area contributed by atoms with Crippen LogP contribution < -0.4 is 5.32 Å². The molecule has 1 fully saturated rings. The van der Waals surface area contributed by atoms with E-state index in [1.54, 1.807) is 152 Å². The molecular weight excluding hydrogens is 1310 g/mol. The van der Waals surface area contributed by atoms with E-state index < -0.39 is 104 Å². The Balaban J connectivity index is 1.21. The van der Waals surface area contributed by atoms with Crippen molar-refractivity contribution in [2.75, 3.05) is 13.2 Å². The Hall–Kier alpha value is -8.99. The summed E-state index contributed by atoms with van der Waals surface area (Å²) in [5.41, 5.74) is 0.904. The van der Waals surface area contributed by atoms with E-state index >= 15 is 4.79 Å². The maximum Gasteiger partial charge on any atom is 0.338 e. The predicted molar refractivity (Wildman–Crippen MR) is 405 cm³/mol. The lowest BCUT2D eigenvalue weighted by molar-refractivity contribution is -0.300. The maximum absolute atomic E-state index is 15.4. The zero-order chi connectivity index (χ0) is 73.5. The van der Waals surface area contributed by atoms with Gasteiger partial charge in [0.2, 0.25) is 0 Å². The van der Waals surface area contributed by atoms with Crippen molar-refractivity contribution in [3.05, 3.63) is 240 Å². The van der Waals surface area contributed by atoms with Crippen LogP contribution in [0.2, 0.25) is 0 Å². The number of esters is 6. The normalized spacial score (nSPS) is 16.6. The first kappa shape index (κ1) is 82.3. The summed E-state index contributed by atoms with van der Waals surface area (Å²) in [6.45, 7) is 3.23. The van der Waals surface area contributed by atoms with Gasteiger partial charge >= 0.3 is 35.8 Å². The molecule has 1 aliphatic heterocycles. The molecule has 6 aromatic carbocycles. The molecule has 1 saturated heterocycles. The second kappa shape index (κ2) is 49.6. The van der Waals surface area contributed by atoms with Crippen molar-refractivity contribution in [3.8, 4) is 0 Å². The number of nitrogens with one attached hydrogen (secondary N) is 1. The molecule has 16 heteroatoms. The number of benzene rings is 6. The average Bonchev–Trinajstić information content (AvgIpc) is 0.781. The van der Waals surface area contributed by atoms with E-state index in [0.717, 1.165) is 51.4 Å². The van der Waals surface area contributed by atoms with Gasteiger partial charge in [0.05, 0.1) is 46.0 Å². The Kier molecular flexibility index (Phi) is 39.3. The van der Waals surface area contributed by atoms with E-state index in [1.165, 1.54) is 146 Å². The number of rotatable bonds is 50. The second-order valence-corrected chi connectivity index (χ2v) is 26.8. The van der Waals surface area contributed by atoms with Crippen LogP contribution in [-0.4, -0.2) is 104 Å². The third-order valence-corrected chi connectivity index (χ3v) is 18.5. The van der Waals surface area contributed by atoms with Crippen LogP contribution in [0.3, 0.4) is 0 Å². The van der Waals surface area contributed by atoms with Gasteiger partial charge in [-0.1, -0.05) is 289 Å². The molecule has 16 nitrogen and oxygen atoms in total. The molecule has 0 aromatic heterocycles. The van der Waals surface area contributed by atoms with Gasteiger partial charge in [-0.15, -0.1) is 0 Å². The summed E-state index contributed by atoms with van der Waals surface area (Å²) in [5, 5.41) is 3.07. The number of amides is 1.